The average Bonchev–Trinajstić information content (AvgIpc) is 3.15. The second kappa shape index (κ2) is 8.16. The quantitative estimate of drug-likeness (QED) is 0.657. The smallest absolute Gasteiger partial charge is 0.269 e. The van der Waals surface area contributed by atoms with Crippen molar-refractivity contribution in [2.24, 2.45) is 5.92 Å². The van der Waals surface area contributed by atoms with Crippen LogP contribution in [0, 0.1) is 18.7 Å². The third-order valence-electron chi connectivity index (χ3n) is 4.54. The van der Waals surface area contributed by atoms with Gasteiger partial charge in [-0.15, -0.1) is 4.83 Å². The van der Waals surface area contributed by atoms with Gasteiger partial charge in [0.1, 0.15) is 5.82 Å². The standard InChI is InChI=1S/C19H22FN3O3S/c1-13-9-16(15-5-3-2-4-6-15)10-17(18(13)20)19(24)22-23-27(25,26)12-14-7-8-21-11-14/h2-6,9-10,14,21,23H,7-8,11-12H2,1H3,(H,22,24). The van der Waals surface area contributed by atoms with Crippen molar-refractivity contribution in [1.29, 1.82) is 0 Å². The molecule has 3 rings (SSSR count). The lowest BCUT2D eigenvalue weighted by molar-refractivity contribution is 0.0941. The third kappa shape index (κ3) is 4.91. The number of sulfonamides is 1. The molecule has 1 saturated heterocycles. The van der Waals surface area contributed by atoms with Crippen molar-refractivity contribution in [2.75, 3.05) is 18.8 Å². The minimum absolute atomic E-state index is 0.000193. The van der Waals surface area contributed by atoms with E-state index < -0.39 is 21.7 Å². The number of aryl methyl sites for hydroxylation is 1. The van der Waals surface area contributed by atoms with E-state index in [0.717, 1.165) is 18.5 Å². The number of benzene rings is 2. The molecule has 3 N–H and O–H groups in total. The fourth-order valence-electron chi connectivity index (χ4n) is 3.13. The first-order valence-electron chi connectivity index (χ1n) is 8.72. The van der Waals surface area contributed by atoms with Crippen LogP contribution < -0.4 is 15.6 Å². The van der Waals surface area contributed by atoms with Crippen molar-refractivity contribution >= 4 is 15.9 Å². The van der Waals surface area contributed by atoms with E-state index in [4.69, 9.17) is 0 Å². The van der Waals surface area contributed by atoms with E-state index in [1.807, 2.05) is 30.3 Å². The maximum Gasteiger partial charge on any atom is 0.269 e. The Morgan fingerprint density at radius 2 is 1.96 bits per heavy atom. The van der Waals surface area contributed by atoms with E-state index in [2.05, 4.69) is 15.6 Å². The number of rotatable bonds is 6. The van der Waals surface area contributed by atoms with E-state index in [0.29, 0.717) is 17.7 Å². The van der Waals surface area contributed by atoms with Gasteiger partial charge < -0.3 is 5.32 Å². The summed E-state index contributed by atoms with van der Waals surface area (Å²) in [7, 11) is -3.70. The first-order valence-corrected chi connectivity index (χ1v) is 10.4. The molecular weight excluding hydrogens is 369 g/mol. The second-order valence-corrected chi connectivity index (χ2v) is 8.48. The predicted octanol–water partition coefficient (Wildman–Crippen LogP) is 1.97. The van der Waals surface area contributed by atoms with Gasteiger partial charge in [-0.05, 0) is 61.2 Å². The second-order valence-electron chi connectivity index (χ2n) is 6.72. The Hall–Kier alpha value is -2.29. The van der Waals surface area contributed by atoms with Gasteiger partial charge in [-0.2, -0.15) is 0 Å². The molecule has 0 bridgehead atoms. The maximum atomic E-state index is 14.4. The van der Waals surface area contributed by atoms with Crippen molar-refractivity contribution < 1.29 is 17.6 Å². The summed E-state index contributed by atoms with van der Waals surface area (Å²) in [6.45, 7) is 2.97. The molecule has 1 aliphatic rings. The van der Waals surface area contributed by atoms with Crippen molar-refractivity contribution in [3.05, 3.63) is 59.4 Å². The van der Waals surface area contributed by atoms with Gasteiger partial charge >= 0.3 is 0 Å². The molecule has 2 aromatic carbocycles. The molecular formula is C19H22FN3O3S. The third-order valence-corrected chi connectivity index (χ3v) is 5.87. The van der Waals surface area contributed by atoms with Gasteiger partial charge in [0.15, 0.2) is 0 Å². The molecule has 8 heteroatoms. The minimum Gasteiger partial charge on any atom is -0.316 e. The molecule has 0 radical (unpaired) electrons. The zero-order valence-corrected chi connectivity index (χ0v) is 15.8. The van der Waals surface area contributed by atoms with Gasteiger partial charge in [-0.1, -0.05) is 30.3 Å². The van der Waals surface area contributed by atoms with Crippen LogP contribution in [-0.4, -0.2) is 33.2 Å². The number of halogens is 1. The van der Waals surface area contributed by atoms with Crippen LogP contribution in [0.2, 0.25) is 0 Å². The topological polar surface area (TPSA) is 87.3 Å². The van der Waals surface area contributed by atoms with Crippen LogP contribution in [-0.2, 0) is 10.0 Å². The molecule has 1 atom stereocenters. The van der Waals surface area contributed by atoms with Crippen LogP contribution >= 0.6 is 0 Å². The summed E-state index contributed by atoms with van der Waals surface area (Å²) in [4.78, 5) is 14.5. The molecule has 1 fully saturated rings. The zero-order chi connectivity index (χ0) is 19.4. The normalized spacial score (nSPS) is 17.0. The molecule has 0 spiro atoms. The Labute approximate surface area is 158 Å². The Kier molecular flexibility index (Phi) is 5.88. The van der Waals surface area contributed by atoms with Crippen LogP contribution in [0.3, 0.4) is 0 Å². The summed E-state index contributed by atoms with van der Waals surface area (Å²) in [6.07, 6.45) is 0.766. The Balaban J connectivity index is 1.75. The summed E-state index contributed by atoms with van der Waals surface area (Å²) in [5.41, 5.74) is 3.74. The fourth-order valence-corrected chi connectivity index (χ4v) is 4.37. The van der Waals surface area contributed by atoms with Gasteiger partial charge in [0.25, 0.3) is 5.91 Å². The van der Waals surface area contributed by atoms with E-state index >= 15 is 0 Å². The van der Waals surface area contributed by atoms with Crippen LogP contribution in [0.4, 0.5) is 4.39 Å². The predicted molar refractivity (Wildman–Crippen MR) is 102 cm³/mol. The highest BCUT2D eigenvalue weighted by molar-refractivity contribution is 7.89. The molecule has 0 aliphatic carbocycles. The summed E-state index contributed by atoms with van der Waals surface area (Å²) >= 11 is 0. The molecule has 2 aromatic rings. The molecule has 0 saturated carbocycles. The first kappa shape index (κ1) is 19.5. The van der Waals surface area contributed by atoms with E-state index in [1.54, 1.807) is 13.0 Å². The maximum absolute atomic E-state index is 14.4. The van der Waals surface area contributed by atoms with Crippen LogP contribution in [0.1, 0.15) is 22.3 Å². The van der Waals surface area contributed by atoms with Gasteiger partial charge in [-0.3, -0.25) is 10.2 Å². The van der Waals surface area contributed by atoms with Crippen molar-refractivity contribution in [1.82, 2.24) is 15.6 Å². The van der Waals surface area contributed by atoms with Crippen molar-refractivity contribution in [3.63, 3.8) is 0 Å². The molecule has 0 aromatic heterocycles. The largest absolute Gasteiger partial charge is 0.316 e. The Morgan fingerprint density at radius 3 is 2.63 bits per heavy atom. The molecule has 1 heterocycles. The van der Waals surface area contributed by atoms with Crippen LogP contribution in [0.15, 0.2) is 42.5 Å². The van der Waals surface area contributed by atoms with Gasteiger partial charge in [0.2, 0.25) is 10.0 Å². The number of amides is 1. The van der Waals surface area contributed by atoms with Gasteiger partial charge in [0, 0.05) is 0 Å². The highest BCUT2D eigenvalue weighted by Crippen LogP contribution is 2.24. The lowest BCUT2D eigenvalue weighted by Crippen LogP contribution is -2.44. The summed E-state index contributed by atoms with van der Waals surface area (Å²) in [5.74, 6) is -1.60. The van der Waals surface area contributed by atoms with Crippen LogP contribution in [0.5, 0.6) is 0 Å². The van der Waals surface area contributed by atoms with Crippen molar-refractivity contribution in [3.8, 4) is 11.1 Å². The average molecular weight is 391 g/mol. The molecule has 1 amide bonds. The molecule has 6 nitrogen and oxygen atoms in total. The van der Waals surface area contributed by atoms with E-state index in [-0.39, 0.29) is 17.2 Å². The van der Waals surface area contributed by atoms with Gasteiger partial charge in [-0.25, -0.2) is 12.8 Å². The van der Waals surface area contributed by atoms with Crippen LogP contribution in [0.25, 0.3) is 11.1 Å². The number of hydrogen-bond donors (Lipinski definition) is 3. The molecule has 1 aliphatic heterocycles. The number of hydrogen-bond acceptors (Lipinski definition) is 4. The van der Waals surface area contributed by atoms with Gasteiger partial charge in [0.05, 0.1) is 11.3 Å². The number of nitrogens with one attached hydrogen (secondary N) is 3. The van der Waals surface area contributed by atoms with Crippen molar-refractivity contribution in [2.45, 2.75) is 13.3 Å². The summed E-state index contributed by atoms with van der Waals surface area (Å²) in [6, 6.07) is 12.3. The molecule has 144 valence electrons. The first-order chi connectivity index (χ1) is 12.9. The Morgan fingerprint density at radius 1 is 1.22 bits per heavy atom. The SMILES string of the molecule is Cc1cc(-c2ccccc2)cc(C(=O)NNS(=O)(=O)CC2CCNC2)c1F. The highest BCUT2D eigenvalue weighted by atomic mass is 32.2. The number of carbonyl (C=O) groups is 1. The molecule has 1 unspecified atom stereocenters. The summed E-state index contributed by atoms with van der Waals surface area (Å²) < 4.78 is 38.7. The van der Waals surface area contributed by atoms with E-state index in [1.165, 1.54) is 6.07 Å². The minimum atomic E-state index is -3.70. The fraction of sp³-hybridized carbons (Fsp3) is 0.316. The Bertz CT molecular complexity index is 927. The summed E-state index contributed by atoms with van der Waals surface area (Å²) in [5, 5.41) is 3.09. The zero-order valence-electron chi connectivity index (χ0n) is 15.0. The number of carbonyl (C=O) groups excluding carboxylic acids is 1. The highest BCUT2D eigenvalue weighted by Gasteiger charge is 2.23. The number of hydrazine groups is 1. The molecule has 27 heavy (non-hydrogen) atoms. The lowest BCUT2D eigenvalue weighted by atomic mass is 9.99. The lowest BCUT2D eigenvalue weighted by Gasteiger charge is -2.13. The van der Waals surface area contributed by atoms with E-state index in [9.17, 15) is 17.6 Å². The monoisotopic (exact) mass is 391 g/mol.